The van der Waals surface area contributed by atoms with E-state index in [2.05, 4.69) is 33.9 Å². The fourth-order valence-corrected chi connectivity index (χ4v) is 3.04. The van der Waals surface area contributed by atoms with Crippen molar-refractivity contribution in [1.29, 1.82) is 0 Å². The topological polar surface area (TPSA) is 22.1 Å². The molecule has 1 fully saturated rings. The van der Waals surface area contributed by atoms with E-state index in [1.807, 2.05) is 6.20 Å². The maximum absolute atomic E-state index is 6.00. The average Bonchev–Trinajstić information content (AvgIpc) is 2.39. The maximum Gasteiger partial charge on any atom is 0.0492 e. The van der Waals surface area contributed by atoms with Gasteiger partial charge in [-0.2, -0.15) is 0 Å². The monoisotopic (exact) mass is 317 g/mol. The van der Waals surface area contributed by atoms with Crippen molar-refractivity contribution in [2.75, 3.05) is 13.2 Å². The third-order valence-corrected chi connectivity index (χ3v) is 4.24. The molecule has 0 N–H and O–H groups in total. The molecule has 0 bridgehead atoms. The molecule has 0 amide bonds. The summed E-state index contributed by atoms with van der Waals surface area (Å²) in [5.41, 5.74) is 2.29. The van der Waals surface area contributed by atoms with Crippen molar-refractivity contribution < 1.29 is 4.74 Å². The molecule has 2 nitrogen and oxygen atoms in total. The number of pyridine rings is 1. The Hall–Kier alpha value is -0.120. The highest BCUT2D eigenvalue weighted by atomic mass is 79.9. The number of hydrogen-bond acceptors (Lipinski definition) is 2. The van der Waals surface area contributed by atoms with Crippen molar-refractivity contribution in [2.45, 2.75) is 31.6 Å². The second-order valence-electron chi connectivity index (χ2n) is 4.57. The molecular weight excluding hydrogens is 302 g/mol. The minimum Gasteiger partial charge on any atom is -0.381 e. The molecule has 0 saturated carbocycles. The summed E-state index contributed by atoms with van der Waals surface area (Å²) in [5.74, 6) is 1.65. The van der Waals surface area contributed by atoms with Crippen molar-refractivity contribution in [3.63, 3.8) is 0 Å². The van der Waals surface area contributed by atoms with Gasteiger partial charge in [0.05, 0.1) is 0 Å². The molecule has 0 spiro atoms. The molecule has 1 atom stereocenters. The van der Waals surface area contributed by atoms with Crippen LogP contribution in [0, 0.1) is 5.92 Å². The number of alkyl halides is 1. The van der Waals surface area contributed by atoms with E-state index in [4.69, 9.17) is 16.3 Å². The molecule has 4 heteroatoms. The number of ether oxygens (including phenoxy) is 1. The predicted octanol–water partition coefficient (Wildman–Crippen LogP) is 4.11. The summed E-state index contributed by atoms with van der Waals surface area (Å²) in [6.45, 7) is 4.01. The molecule has 1 aromatic heterocycles. The van der Waals surface area contributed by atoms with Crippen LogP contribution >= 0.6 is 27.5 Å². The minimum atomic E-state index is 0.459. The van der Waals surface area contributed by atoms with Gasteiger partial charge in [0.1, 0.15) is 0 Å². The Morgan fingerprint density at radius 2 is 2.24 bits per heavy atom. The summed E-state index contributed by atoms with van der Waals surface area (Å²) in [5, 5.41) is 0. The van der Waals surface area contributed by atoms with Gasteiger partial charge in [0, 0.05) is 41.4 Å². The SMILES string of the molecule is C[C@H](c1ncc(Br)cc1CCl)C1CCOCC1. The fourth-order valence-electron chi connectivity index (χ4n) is 2.45. The van der Waals surface area contributed by atoms with Gasteiger partial charge >= 0.3 is 0 Å². The fraction of sp³-hybridized carbons (Fsp3) is 0.615. The Morgan fingerprint density at radius 1 is 1.53 bits per heavy atom. The molecule has 1 aliphatic heterocycles. The van der Waals surface area contributed by atoms with Crippen molar-refractivity contribution in [1.82, 2.24) is 4.98 Å². The van der Waals surface area contributed by atoms with E-state index in [0.717, 1.165) is 41.8 Å². The average molecular weight is 319 g/mol. The van der Waals surface area contributed by atoms with Crippen LogP contribution in [0.3, 0.4) is 0 Å². The lowest BCUT2D eigenvalue weighted by molar-refractivity contribution is 0.0591. The van der Waals surface area contributed by atoms with Crippen molar-refractivity contribution in [2.24, 2.45) is 5.92 Å². The molecule has 0 aliphatic carbocycles. The zero-order valence-electron chi connectivity index (χ0n) is 9.96. The van der Waals surface area contributed by atoms with Gasteiger partial charge in [-0.1, -0.05) is 6.92 Å². The highest BCUT2D eigenvalue weighted by Crippen LogP contribution is 2.33. The minimum absolute atomic E-state index is 0.459. The van der Waals surface area contributed by atoms with Crippen molar-refractivity contribution in [3.8, 4) is 0 Å². The molecule has 1 saturated heterocycles. The molecule has 0 radical (unpaired) electrons. The Balaban J connectivity index is 2.19. The summed E-state index contributed by atoms with van der Waals surface area (Å²) in [6, 6.07) is 2.07. The summed E-state index contributed by atoms with van der Waals surface area (Å²) < 4.78 is 6.40. The summed E-state index contributed by atoms with van der Waals surface area (Å²) in [7, 11) is 0. The van der Waals surface area contributed by atoms with E-state index in [1.165, 1.54) is 0 Å². The molecule has 0 aromatic carbocycles. The van der Waals surface area contributed by atoms with Crippen LogP contribution in [-0.4, -0.2) is 18.2 Å². The van der Waals surface area contributed by atoms with Gasteiger partial charge in [0.15, 0.2) is 0 Å². The van der Waals surface area contributed by atoms with Crippen LogP contribution in [0.1, 0.15) is 36.9 Å². The van der Waals surface area contributed by atoms with E-state index >= 15 is 0 Å². The smallest absolute Gasteiger partial charge is 0.0492 e. The zero-order valence-corrected chi connectivity index (χ0v) is 12.3. The number of halogens is 2. The second kappa shape index (κ2) is 6.17. The Morgan fingerprint density at radius 3 is 2.88 bits per heavy atom. The highest BCUT2D eigenvalue weighted by molar-refractivity contribution is 9.10. The van der Waals surface area contributed by atoms with Crippen LogP contribution in [0.5, 0.6) is 0 Å². The predicted molar refractivity (Wildman–Crippen MR) is 73.5 cm³/mol. The standard InChI is InChI=1S/C13H17BrClNO/c1-9(10-2-4-17-5-3-10)13-11(7-15)6-12(14)8-16-13/h6,8-10H,2-5,7H2,1H3/t9-/m0/s1. The maximum atomic E-state index is 6.00. The normalized spacial score (nSPS) is 19.2. The first-order valence-electron chi connectivity index (χ1n) is 6.00. The van der Waals surface area contributed by atoms with Crippen LogP contribution in [0.25, 0.3) is 0 Å². The van der Waals surface area contributed by atoms with Crippen LogP contribution in [0.15, 0.2) is 16.7 Å². The molecule has 1 aliphatic rings. The van der Waals surface area contributed by atoms with Gasteiger partial charge < -0.3 is 4.74 Å². The molecule has 0 unspecified atom stereocenters. The van der Waals surface area contributed by atoms with Gasteiger partial charge in [-0.25, -0.2) is 0 Å². The first-order valence-corrected chi connectivity index (χ1v) is 7.33. The lowest BCUT2D eigenvalue weighted by Crippen LogP contribution is -2.21. The summed E-state index contributed by atoms with van der Waals surface area (Å²) >= 11 is 9.44. The lowest BCUT2D eigenvalue weighted by atomic mass is 9.84. The van der Waals surface area contributed by atoms with E-state index in [1.54, 1.807) is 0 Å². The first kappa shape index (κ1) is 13.3. The van der Waals surface area contributed by atoms with Gasteiger partial charge in [-0.05, 0) is 46.3 Å². The molecule has 94 valence electrons. The van der Waals surface area contributed by atoms with Gasteiger partial charge in [-0.15, -0.1) is 11.6 Å². The Labute approximate surface area is 116 Å². The van der Waals surface area contributed by atoms with Crippen molar-refractivity contribution >= 4 is 27.5 Å². The lowest BCUT2D eigenvalue weighted by Gasteiger charge is -2.28. The molecular formula is C13H17BrClNO. The molecule has 2 heterocycles. The largest absolute Gasteiger partial charge is 0.381 e. The number of nitrogens with zero attached hydrogens (tertiary/aromatic N) is 1. The van der Waals surface area contributed by atoms with E-state index in [0.29, 0.717) is 17.7 Å². The van der Waals surface area contributed by atoms with Crippen LogP contribution < -0.4 is 0 Å². The van der Waals surface area contributed by atoms with Crippen LogP contribution in [0.2, 0.25) is 0 Å². The van der Waals surface area contributed by atoms with E-state index < -0.39 is 0 Å². The van der Waals surface area contributed by atoms with Crippen LogP contribution in [0.4, 0.5) is 0 Å². The zero-order chi connectivity index (χ0) is 12.3. The Kier molecular flexibility index (Phi) is 4.83. The van der Waals surface area contributed by atoms with E-state index in [9.17, 15) is 0 Å². The summed E-state index contributed by atoms with van der Waals surface area (Å²) in [6.07, 6.45) is 4.11. The number of rotatable bonds is 3. The van der Waals surface area contributed by atoms with Gasteiger partial charge in [0.25, 0.3) is 0 Å². The molecule has 1 aromatic rings. The first-order chi connectivity index (χ1) is 8.22. The second-order valence-corrected chi connectivity index (χ2v) is 5.75. The van der Waals surface area contributed by atoms with Gasteiger partial charge in [-0.3, -0.25) is 4.98 Å². The molecule has 2 rings (SSSR count). The third-order valence-electron chi connectivity index (χ3n) is 3.52. The molecule has 17 heavy (non-hydrogen) atoms. The van der Waals surface area contributed by atoms with Crippen molar-refractivity contribution in [3.05, 3.63) is 28.0 Å². The quantitative estimate of drug-likeness (QED) is 0.782. The number of aromatic nitrogens is 1. The number of hydrogen-bond donors (Lipinski definition) is 0. The highest BCUT2D eigenvalue weighted by Gasteiger charge is 2.24. The van der Waals surface area contributed by atoms with Gasteiger partial charge in [0.2, 0.25) is 0 Å². The Bertz CT molecular complexity index is 380. The van der Waals surface area contributed by atoms with Crippen LogP contribution in [-0.2, 0) is 10.6 Å². The van der Waals surface area contributed by atoms with E-state index in [-0.39, 0.29) is 0 Å². The summed E-state index contributed by atoms with van der Waals surface area (Å²) in [4.78, 5) is 4.55. The third kappa shape index (κ3) is 3.21.